The largest absolute Gasteiger partial charge is 0.390 e. The Balaban J connectivity index is 1.52. The highest BCUT2D eigenvalue weighted by Crippen LogP contribution is 2.40. The van der Waals surface area contributed by atoms with Gasteiger partial charge in [-0.3, -0.25) is 5.32 Å². The third kappa shape index (κ3) is 4.65. The number of nitriles is 1. The molecule has 8 nitrogen and oxygen atoms in total. The predicted octanol–water partition coefficient (Wildman–Crippen LogP) is 5.23. The molecular weight excluding hydrogens is 472 g/mol. The Labute approximate surface area is 213 Å². The lowest BCUT2D eigenvalue weighted by atomic mass is 9.91. The molecule has 1 fully saturated rings. The van der Waals surface area contributed by atoms with Crippen molar-refractivity contribution in [1.29, 1.82) is 5.26 Å². The summed E-state index contributed by atoms with van der Waals surface area (Å²) in [5, 5.41) is 24.1. The fraction of sp³-hybridized carbons (Fsp3) is 0.296. The third-order valence-electron chi connectivity index (χ3n) is 6.68. The van der Waals surface area contributed by atoms with E-state index in [9.17, 15) is 15.2 Å². The lowest BCUT2D eigenvalue weighted by molar-refractivity contribution is 0.0227. The summed E-state index contributed by atoms with van der Waals surface area (Å²) in [6.07, 6.45) is 2.31. The van der Waals surface area contributed by atoms with Crippen LogP contribution in [0.4, 0.5) is 9.93 Å². The van der Waals surface area contributed by atoms with Gasteiger partial charge in [-0.25, -0.2) is 19.7 Å². The van der Waals surface area contributed by atoms with Gasteiger partial charge in [0.05, 0.1) is 33.3 Å². The van der Waals surface area contributed by atoms with Crippen LogP contribution in [0.15, 0.2) is 48.8 Å². The van der Waals surface area contributed by atoms with Crippen molar-refractivity contribution in [3.05, 3.63) is 60.0 Å². The average molecular weight is 499 g/mol. The number of thiazole rings is 1. The zero-order chi connectivity index (χ0) is 25.4. The van der Waals surface area contributed by atoms with E-state index in [4.69, 9.17) is 4.98 Å². The van der Waals surface area contributed by atoms with E-state index in [-0.39, 0.29) is 11.9 Å². The van der Waals surface area contributed by atoms with Crippen LogP contribution in [0.5, 0.6) is 0 Å². The van der Waals surface area contributed by atoms with E-state index >= 15 is 0 Å². The quantitative estimate of drug-likeness (QED) is 0.398. The normalized spacial score (nSPS) is 15.8. The van der Waals surface area contributed by atoms with Crippen LogP contribution in [-0.4, -0.2) is 49.7 Å². The molecule has 2 aromatic carbocycles. The van der Waals surface area contributed by atoms with Crippen molar-refractivity contribution >= 4 is 33.4 Å². The number of likely N-dealkylation sites (tertiary alicyclic amines) is 1. The highest BCUT2D eigenvalue weighted by atomic mass is 32.1. The zero-order valence-electron chi connectivity index (χ0n) is 20.3. The average Bonchev–Trinajstić information content (AvgIpc) is 3.52. The van der Waals surface area contributed by atoms with Crippen molar-refractivity contribution in [2.45, 2.75) is 32.8 Å². The minimum Gasteiger partial charge on any atom is -0.390 e. The molecule has 0 radical (unpaired) electrons. The number of rotatable bonds is 4. The number of aromatic nitrogens is 3. The maximum atomic E-state index is 13.0. The number of anilines is 1. The molecule has 0 aliphatic carbocycles. The monoisotopic (exact) mass is 498 g/mol. The molecule has 5 rings (SSSR count). The number of nitrogens with zero attached hydrogens (tertiary/aromatic N) is 5. The molecule has 2 N–H and O–H groups in total. The first-order valence-electron chi connectivity index (χ1n) is 11.7. The fourth-order valence-electron chi connectivity index (χ4n) is 4.52. The summed E-state index contributed by atoms with van der Waals surface area (Å²) in [7, 11) is 0. The number of aliphatic hydroxyl groups is 1. The number of benzene rings is 2. The standard InChI is InChI=1S/C27H26N6O2S/c1-16-21-12-19(7-8-22(21)30-15-29-16)24-23(18-6-4-5-17(11-18)13-28)31-25(36-24)32-26(34)33-10-9-20(14-33)27(2,3)35/h4-8,11-12,15,20,35H,9-10,14H2,1-3H3,(H,31,32,34)/t20-/m0/s1. The Bertz CT molecular complexity index is 1500. The number of urea groups is 1. The van der Waals surface area contributed by atoms with E-state index in [1.807, 2.05) is 37.3 Å². The lowest BCUT2D eigenvalue weighted by Crippen LogP contribution is -2.37. The van der Waals surface area contributed by atoms with Gasteiger partial charge >= 0.3 is 6.03 Å². The minimum atomic E-state index is -0.833. The molecule has 9 heteroatoms. The van der Waals surface area contributed by atoms with Crippen LogP contribution in [0.1, 0.15) is 31.5 Å². The summed E-state index contributed by atoms with van der Waals surface area (Å²) >= 11 is 1.39. The van der Waals surface area contributed by atoms with Gasteiger partial charge in [0.25, 0.3) is 0 Å². The van der Waals surface area contributed by atoms with Gasteiger partial charge in [0.2, 0.25) is 0 Å². The van der Waals surface area contributed by atoms with Crippen molar-refractivity contribution in [3.8, 4) is 27.8 Å². The van der Waals surface area contributed by atoms with Gasteiger partial charge in [-0.15, -0.1) is 0 Å². The number of nitrogens with one attached hydrogen (secondary N) is 1. The SMILES string of the molecule is Cc1ncnc2ccc(-c3sc(NC(=O)N4CC[C@H](C(C)(C)O)C4)nc3-c3cccc(C#N)c3)cc12. The van der Waals surface area contributed by atoms with Crippen molar-refractivity contribution in [3.63, 3.8) is 0 Å². The molecule has 1 aliphatic heterocycles. The van der Waals surface area contributed by atoms with E-state index in [2.05, 4.69) is 21.4 Å². The molecule has 0 spiro atoms. The number of amides is 2. The highest BCUT2D eigenvalue weighted by Gasteiger charge is 2.35. The summed E-state index contributed by atoms with van der Waals surface area (Å²) in [5.74, 6) is 0.0300. The molecule has 0 bridgehead atoms. The lowest BCUT2D eigenvalue weighted by Gasteiger charge is -2.25. The first-order chi connectivity index (χ1) is 17.2. The van der Waals surface area contributed by atoms with Gasteiger partial charge in [-0.2, -0.15) is 5.26 Å². The minimum absolute atomic E-state index is 0.0300. The molecule has 0 unspecified atom stereocenters. The van der Waals surface area contributed by atoms with Crippen LogP contribution in [0.2, 0.25) is 0 Å². The molecule has 1 saturated heterocycles. The molecule has 1 aliphatic rings. The molecule has 4 aromatic rings. The number of hydrogen-bond donors (Lipinski definition) is 2. The predicted molar refractivity (Wildman–Crippen MR) is 141 cm³/mol. The van der Waals surface area contributed by atoms with Crippen LogP contribution < -0.4 is 5.32 Å². The second-order valence-corrected chi connectivity index (χ2v) is 10.6. The topological polar surface area (TPSA) is 115 Å². The van der Waals surface area contributed by atoms with Crippen LogP contribution in [0.3, 0.4) is 0 Å². The van der Waals surface area contributed by atoms with Crippen LogP contribution in [0.25, 0.3) is 32.6 Å². The van der Waals surface area contributed by atoms with Crippen LogP contribution >= 0.6 is 11.3 Å². The zero-order valence-corrected chi connectivity index (χ0v) is 21.1. The molecular formula is C27H26N6O2S. The van der Waals surface area contributed by atoms with Crippen molar-refractivity contribution in [2.24, 2.45) is 5.92 Å². The van der Waals surface area contributed by atoms with Crippen molar-refractivity contribution < 1.29 is 9.90 Å². The number of hydrogen-bond acceptors (Lipinski definition) is 7. The Morgan fingerprint density at radius 3 is 2.81 bits per heavy atom. The van der Waals surface area contributed by atoms with Crippen LogP contribution in [-0.2, 0) is 0 Å². The van der Waals surface area contributed by atoms with Gasteiger partial charge < -0.3 is 10.0 Å². The van der Waals surface area contributed by atoms with E-state index in [1.165, 1.54) is 11.3 Å². The summed E-state index contributed by atoms with van der Waals surface area (Å²) in [5.41, 5.74) is 3.85. The Morgan fingerprint density at radius 1 is 1.22 bits per heavy atom. The van der Waals surface area contributed by atoms with Crippen molar-refractivity contribution in [1.82, 2.24) is 19.9 Å². The summed E-state index contributed by atoms with van der Waals surface area (Å²) in [6, 6.07) is 15.2. The van der Waals surface area contributed by atoms with Gasteiger partial charge in [0.1, 0.15) is 6.33 Å². The summed E-state index contributed by atoms with van der Waals surface area (Å²) in [4.78, 5) is 29.1. The maximum Gasteiger partial charge on any atom is 0.323 e. The van der Waals surface area contributed by atoms with E-state index in [0.717, 1.165) is 39.0 Å². The van der Waals surface area contributed by atoms with E-state index in [0.29, 0.717) is 29.5 Å². The smallest absolute Gasteiger partial charge is 0.323 e. The number of aryl methyl sites for hydroxylation is 1. The first-order valence-corrected chi connectivity index (χ1v) is 12.6. The molecule has 3 heterocycles. The fourth-order valence-corrected chi connectivity index (χ4v) is 5.49. The molecule has 1 atom stereocenters. The second kappa shape index (κ2) is 9.30. The Hall–Kier alpha value is -3.87. The number of fused-ring (bicyclic) bond motifs is 1. The second-order valence-electron chi connectivity index (χ2n) is 9.60. The van der Waals surface area contributed by atoms with Gasteiger partial charge in [0, 0.05) is 35.7 Å². The van der Waals surface area contributed by atoms with Crippen molar-refractivity contribution in [2.75, 3.05) is 18.4 Å². The molecule has 2 amide bonds. The summed E-state index contributed by atoms with van der Waals surface area (Å²) < 4.78 is 0. The molecule has 2 aromatic heterocycles. The Morgan fingerprint density at radius 2 is 2.06 bits per heavy atom. The Kier molecular flexibility index (Phi) is 6.16. The van der Waals surface area contributed by atoms with Gasteiger partial charge in [-0.1, -0.05) is 29.5 Å². The summed E-state index contributed by atoms with van der Waals surface area (Å²) in [6.45, 7) is 6.59. The van der Waals surface area contributed by atoms with Gasteiger partial charge in [-0.05, 0) is 57.0 Å². The molecule has 182 valence electrons. The molecule has 0 saturated carbocycles. The van der Waals surface area contributed by atoms with E-state index < -0.39 is 5.60 Å². The van der Waals surface area contributed by atoms with E-state index in [1.54, 1.807) is 37.2 Å². The highest BCUT2D eigenvalue weighted by molar-refractivity contribution is 7.19. The maximum absolute atomic E-state index is 13.0. The third-order valence-corrected chi connectivity index (χ3v) is 7.70. The molecule has 36 heavy (non-hydrogen) atoms. The number of carbonyl (C=O) groups excluding carboxylic acids is 1. The van der Waals surface area contributed by atoms with Crippen LogP contribution in [0, 0.1) is 24.2 Å². The first kappa shape index (κ1) is 23.9. The van der Waals surface area contributed by atoms with Gasteiger partial charge in [0.15, 0.2) is 5.13 Å². The number of carbonyl (C=O) groups is 1.